The summed E-state index contributed by atoms with van der Waals surface area (Å²) in [7, 11) is 0.564. The molecule has 0 saturated carbocycles. The molecule has 0 aliphatic carbocycles. The Hall–Kier alpha value is -0.0231. The van der Waals surface area contributed by atoms with Crippen molar-refractivity contribution in [2.45, 2.75) is 19.8 Å². The van der Waals surface area contributed by atoms with Gasteiger partial charge in [0.25, 0.3) is 0 Å². The molecule has 0 atom stereocenters. The summed E-state index contributed by atoms with van der Waals surface area (Å²) in [5.41, 5.74) is 5.38. The molecule has 0 aromatic carbocycles. The van der Waals surface area contributed by atoms with Gasteiger partial charge < -0.3 is 24.3 Å². The second-order valence-electron chi connectivity index (χ2n) is 3.63. The van der Waals surface area contributed by atoms with Crippen molar-refractivity contribution >= 4 is 8.97 Å². The third-order valence-corrected chi connectivity index (χ3v) is 4.63. The molecule has 4 N–H and O–H groups in total. The number of unbranched alkanes of at least 4 members (excludes halogenated alkanes) is 1. The van der Waals surface area contributed by atoms with Crippen LogP contribution in [0.3, 0.4) is 0 Å². The first kappa shape index (κ1) is 17.0. The van der Waals surface area contributed by atoms with Crippen LogP contribution in [0.1, 0.15) is 19.8 Å². The van der Waals surface area contributed by atoms with Gasteiger partial charge in [0.2, 0.25) is 0 Å². The predicted molar refractivity (Wildman–Crippen MR) is 70.6 cm³/mol. The van der Waals surface area contributed by atoms with Gasteiger partial charge in [0.05, 0.1) is 0 Å². The van der Waals surface area contributed by atoms with E-state index in [4.69, 9.17) is 19.0 Å². The van der Waals surface area contributed by atoms with Crippen LogP contribution in [0.5, 0.6) is 0 Å². The number of nitrogens with one attached hydrogen (secondary N) is 2. The molecule has 0 fully saturated rings. The molecule has 6 nitrogen and oxygen atoms in total. The first-order valence-corrected chi connectivity index (χ1v) is 7.87. The molecule has 0 aliphatic heterocycles. The fourth-order valence-electron chi connectivity index (χ4n) is 1.28. The molecular weight excluding hydrogens is 238 g/mol. The molecule has 0 bridgehead atoms. The van der Waals surface area contributed by atoms with Crippen molar-refractivity contribution in [1.82, 2.24) is 10.3 Å². The van der Waals surface area contributed by atoms with Crippen molar-refractivity contribution in [1.29, 1.82) is 0 Å². The van der Waals surface area contributed by atoms with E-state index in [-0.39, 0.29) is 0 Å². The van der Waals surface area contributed by atoms with Crippen molar-refractivity contribution in [2.24, 2.45) is 5.73 Å². The van der Waals surface area contributed by atoms with Gasteiger partial charge >= 0.3 is 8.97 Å². The summed E-state index contributed by atoms with van der Waals surface area (Å²) in [5.74, 6) is 0. The van der Waals surface area contributed by atoms with Gasteiger partial charge in [-0.2, -0.15) is 0 Å². The molecule has 0 amide bonds. The predicted octanol–water partition coefficient (Wildman–Crippen LogP) is -0.331. The van der Waals surface area contributed by atoms with Crippen LogP contribution in [-0.2, 0) is 13.3 Å². The largest absolute Gasteiger partial charge is 0.596 e. The van der Waals surface area contributed by atoms with Gasteiger partial charge in [-0.25, -0.2) is 0 Å². The van der Waals surface area contributed by atoms with Crippen molar-refractivity contribution in [3.63, 3.8) is 0 Å². The molecule has 104 valence electrons. The average Bonchev–Trinajstić information content (AvgIpc) is 2.37. The van der Waals surface area contributed by atoms with Gasteiger partial charge in [-0.05, 0) is 6.42 Å². The zero-order valence-corrected chi connectivity index (χ0v) is 12.3. The molecule has 0 aromatic heterocycles. The minimum absolute atomic E-state index is 0.643. The third kappa shape index (κ3) is 7.82. The highest BCUT2D eigenvalue weighted by atomic mass is 28.4. The summed E-state index contributed by atoms with van der Waals surface area (Å²) < 4.78 is 16.4. The number of nitrogens with two attached hydrogens (primary N) is 1. The van der Waals surface area contributed by atoms with Gasteiger partial charge in [-0.1, -0.05) is 13.3 Å². The molecule has 0 aromatic rings. The van der Waals surface area contributed by atoms with E-state index in [9.17, 15) is 0 Å². The number of hydrogen-bond acceptors (Lipinski definition) is 6. The van der Waals surface area contributed by atoms with E-state index >= 15 is 0 Å². The van der Waals surface area contributed by atoms with Crippen LogP contribution in [0.15, 0.2) is 0 Å². The zero-order valence-electron chi connectivity index (χ0n) is 11.3. The highest BCUT2D eigenvalue weighted by Crippen LogP contribution is 2.04. The monoisotopic (exact) mass is 265 g/mol. The highest BCUT2D eigenvalue weighted by Gasteiger charge is 2.39. The van der Waals surface area contributed by atoms with Crippen LogP contribution in [0.4, 0.5) is 0 Å². The first-order valence-electron chi connectivity index (χ1n) is 6.14. The molecule has 0 aliphatic rings. The molecule has 0 spiro atoms. The maximum atomic E-state index is 5.71. The summed E-state index contributed by atoms with van der Waals surface area (Å²) in [6.07, 6.45) is 2.10. The van der Waals surface area contributed by atoms with Crippen molar-refractivity contribution in [3.05, 3.63) is 0 Å². The van der Waals surface area contributed by atoms with E-state index in [1.54, 1.807) is 14.2 Å². The SMILES string of the molecule is CCCCO[Si](NCCNCCN)(OC)OC. The highest BCUT2D eigenvalue weighted by molar-refractivity contribution is 6.57. The van der Waals surface area contributed by atoms with Crippen LogP contribution >= 0.6 is 0 Å². The number of hydrogen-bond donors (Lipinski definition) is 3. The average molecular weight is 265 g/mol. The standard InChI is InChI=1S/C10H27N3O3Si/c1-4-5-10-16-17(14-2,15-3)13-9-8-12-7-6-11/h12-13H,4-11H2,1-3H3. The van der Waals surface area contributed by atoms with Gasteiger partial charge in [0, 0.05) is 47.0 Å². The quantitative estimate of drug-likeness (QED) is 0.331. The Kier molecular flexibility index (Phi) is 11.1. The summed E-state index contributed by atoms with van der Waals surface area (Å²) >= 11 is 0. The topological polar surface area (TPSA) is 77.8 Å². The lowest BCUT2D eigenvalue weighted by Crippen LogP contribution is -2.59. The van der Waals surface area contributed by atoms with Crippen molar-refractivity contribution in [2.75, 3.05) is 47.0 Å². The van der Waals surface area contributed by atoms with Crippen molar-refractivity contribution in [3.8, 4) is 0 Å². The third-order valence-electron chi connectivity index (χ3n) is 2.29. The molecule has 0 radical (unpaired) electrons. The van der Waals surface area contributed by atoms with Crippen LogP contribution in [0, 0.1) is 0 Å². The lowest BCUT2D eigenvalue weighted by molar-refractivity contribution is 0.0850. The Balaban J connectivity index is 3.85. The van der Waals surface area contributed by atoms with E-state index in [1.807, 2.05) is 0 Å². The second-order valence-corrected chi connectivity index (χ2v) is 6.20. The van der Waals surface area contributed by atoms with Crippen LogP contribution in [0.25, 0.3) is 0 Å². The first-order chi connectivity index (χ1) is 8.24. The molecule has 0 unspecified atom stereocenters. The summed E-state index contributed by atoms with van der Waals surface area (Å²) in [4.78, 5) is 3.22. The van der Waals surface area contributed by atoms with Gasteiger partial charge in [0.1, 0.15) is 0 Å². The summed E-state index contributed by atoms with van der Waals surface area (Å²) in [6.45, 7) is 5.79. The molecule has 0 heterocycles. The number of rotatable bonds is 12. The van der Waals surface area contributed by atoms with E-state index in [1.165, 1.54) is 0 Å². The minimum atomic E-state index is -2.66. The fraction of sp³-hybridized carbons (Fsp3) is 1.00. The molecule has 0 rings (SSSR count). The molecule has 0 saturated heterocycles. The Morgan fingerprint density at radius 1 is 1.12 bits per heavy atom. The maximum Gasteiger partial charge on any atom is 0.596 e. The Morgan fingerprint density at radius 2 is 1.82 bits per heavy atom. The lowest BCUT2D eigenvalue weighted by Gasteiger charge is -2.26. The van der Waals surface area contributed by atoms with Crippen LogP contribution in [-0.4, -0.2) is 56.0 Å². The van der Waals surface area contributed by atoms with E-state index in [2.05, 4.69) is 17.2 Å². The van der Waals surface area contributed by atoms with Gasteiger partial charge in [0.15, 0.2) is 0 Å². The van der Waals surface area contributed by atoms with E-state index < -0.39 is 8.97 Å². The van der Waals surface area contributed by atoms with Gasteiger partial charge in [-0.3, -0.25) is 4.98 Å². The smallest absolute Gasteiger partial charge is 0.364 e. The summed E-state index contributed by atoms with van der Waals surface area (Å²) in [5, 5.41) is 3.19. The van der Waals surface area contributed by atoms with Crippen LogP contribution in [0.2, 0.25) is 0 Å². The maximum absolute atomic E-state index is 5.71. The second kappa shape index (κ2) is 11.1. The Morgan fingerprint density at radius 3 is 2.35 bits per heavy atom. The summed E-state index contributed by atoms with van der Waals surface area (Å²) in [6, 6.07) is 0. The van der Waals surface area contributed by atoms with Gasteiger partial charge in [-0.15, -0.1) is 0 Å². The Bertz CT molecular complexity index is 171. The zero-order chi connectivity index (χ0) is 13.0. The van der Waals surface area contributed by atoms with Crippen molar-refractivity contribution < 1.29 is 13.3 Å². The lowest BCUT2D eigenvalue weighted by atomic mass is 10.4. The molecule has 7 heteroatoms. The molecular formula is C10H27N3O3Si. The van der Waals surface area contributed by atoms with E-state index in [0.717, 1.165) is 32.5 Å². The molecule has 17 heavy (non-hydrogen) atoms. The van der Waals surface area contributed by atoms with E-state index in [0.29, 0.717) is 13.2 Å². The minimum Gasteiger partial charge on any atom is -0.364 e. The normalized spacial score (nSPS) is 12.0. The fourth-order valence-corrected chi connectivity index (χ4v) is 2.92. The Labute approximate surface area is 106 Å². The van der Waals surface area contributed by atoms with Crippen LogP contribution < -0.4 is 16.0 Å².